The molecule has 1 fully saturated rings. The van der Waals surface area contributed by atoms with Crippen molar-refractivity contribution in [3.63, 3.8) is 0 Å². The van der Waals surface area contributed by atoms with Crippen molar-refractivity contribution >= 4 is 23.2 Å². The Kier molecular flexibility index (Phi) is 1.95. The molecule has 1 saturated heterocycles. The summed E-state index contributed by atoms with van der Waals surface area (Å²) in [5.41, 5.74) is 0. The predicted molar refractivity (Wildman–Crippen MR) is 27.4 cm³/mol. The summed E-state index contributed by atoms with van der Waals surface area (Å²) >= 11 is 10.6. The minimum absolute atomic E-state index is 0.0764. The second-order valence-corrected chi connectivity index (χ2v) is 2.38. The molecule has 0 aromatic carbocycles. The van der Waals surface area contributed by atoms with Gasteiger partial charge in [0.2, 0.25) is 0 Å². The third-order valence-corrected chi connectivity index (χ3v) is 1.06. The number of hydrogen-bond donors (Lipinski definition) is 0. The average molecular weight is 159 g/mol. The molecule has 0 amide bonds. The Morgan fingerprint density at radius 1 is 1.12 bits per heavy atom. The molecule has 5 heteroatoms. The van der Waals surface area contributed by atoms with Crippen LogP contribution in [0.5, 0.6) is 0 Å². The highest BCUT2D eigenvalue weighted by Crippen LogP contribution is 2.26. The fourth-order valence-electron chi connectivity index (χ4n) is 0.296. The van der Waals surface area contributed by atoms with Crippen molar-refractivity contribution < 1.29 is 14.2 Å². The van der Waals surface area contributed by atoms with E-state index in [-0.39, 0.29) is 13.6 Å². The first kappa shape index (κ1) is 6.58. The van der Waals surface area contributed by atoms with Crippen LogP contribution in [0.25, 0.3) is 0 Å². The van der Waals surface area contributed by atoms with Crippen LogP contribution in [0.2, 0.25) is 0 Å². The number of alkyl halides is 2. The van der Waals surface area contributed by atoms with Crippen molar-refractivity contribution in [3.05, 3.63) is 0 Å². The van der Waals surface area contributed by atoms with Crippen LogP contribution in [0.4, 0.5) is 0 Å². The van der Waals surface area contributed by atoms with E-state index in [0.717, 1.165) is 0 Å². The molecule has 8 heavy (non-hydrogen) atoms. The van der Waals surface area contributed by atoms with Gasteiger partial charge in [-0.05, 0) is 23.2 Å². The molecule has 0 spiro atoms. The summed E-state index contributed by atoms with van der Waals surface area (Å²) in [5.74, 6) is 0. The molecule has 0 aromatic rings. The molecule has 0 atom stereocenters. The van der Waals surface area contributed by atoms with Gasteiger partial charge in [0.05, 0.1) is 0 Å². The molecule has 1 aliphatic heterocycles. The predicted octanol–water partition coefficient (Wildman–Crippen LogP) is 1.05. The molecule has 48 valence electrons. The van der Waals surface area contributed by atoms with E-state index < -0.39 is 4.71 Å². The van der Waals surface area contributed by atoms with Crippen molar-refractivity contribution in [1.82, 2.24) is 0 Å². The zero-order chi connectivity index (χ0) is 6.04. The fourth-order valence-corrected chi connectivity index (χ4v) is 0.474. The van der Waals surface area contributed by atoms with Gasteiger partial charge in [-0.25, -0.2) is 0 Å². The van der Waals surface area contributed by atoms with Gasteiger partial charge in [-0.2, -0.15) is 0 Å². The number of halogens is 2. The lowest BCUT2D eigenvalue weighted by atomic mass is 11.2. The van der Waals surface area contributed by atoms with Gasteiger partial charge >= 0.3 is 4.71 Å². The van der Waals surface area contributed by atoms with Gasteiger partial charge in [-0.15, -0.1) is 0 Å². The molecule has 3 nitrogen and oxygen atoms in total. The largest absolute Gasteiger partial charge is 0.336 e. The number of rotatable bonds is 0. The molecule has 0 unspecified atom stereocenters. The van der Waals surface area contributed by atoms with Gasteiger partial charge in [-0.1, -0.05) is 0 Å². The summed E-state index contributed by atoms with van der Waals surface area (Å²) in [6, 6.07) is 0. The van der Waals surface area contributed by atoms with Crippen LogP contribution >= 0.6 is 23.2 Å². The normalized spacial score (nSPS) is 27.8. The summed E-state index contributed by atoms with van der Waals surface area (Å²) < 4.78 is 12.2. The number of ether oxygens (including phenoxy) is 3. The lowest BCUT2D eigenvalue weighted by molar-refractivity contribution is -0.287. The summed E-state index contributed by atoms with van der Waals surface area (Å²) in [7, 11) is 0. The maximum absolute atomic E-state index is 5.31. The molecular formula is C3H4Cl2O3. The van der Waals surface area contributed by atoms with Crippen molar-refractivity contribution in [1.29, 1.82) is 0 Å². The average Bonchev–Trinajstić information content (AvgIpc) is 1.65. The second-order valence-electron chi connectivity index (χ2n) is 1.19. The lowest BCUT2D eigenvalue weighted by Gasteiger charge is -2.24. The smallest absolute Gasteiger partial charge is 0.329 e. The van der Waals surface area contributed by atoms with E-state index in [9.17, 15) is 0 Å². The van der Waals surface area contributed by atoms with Gasteiger partial charge in [0.15, 0.2) is 13.6 Å². The molecule has 1 rings (SSSR count). The van der Waals surface area contributed by atoms with Crippen LogP contribution in [0.15, 0.2) is 0 Å². The summed E-state index contributed by atoms with van der Waals surface area (Å²) in [4.78, 5) is 0. The first-order valence-corrected chi connectivity index (χ1v) is 2.70. The fraction of sp³-hybridized carbons (Fsp3) is 1.00. The third kappa shape index (κ3) is 1.76. The van der Waals surface area contributed by atoms with E-state index in [2.05, 4.69) is 14.2 Å². The van der Waals surface area contributed by atoms with Gasteiger partial charge in [0, 0.05) is 0 Å². The maximum Gasteiger partial charge on any atom is 0.336 e. The highest BCUT2D eigenvalue weighted by molar-refractivity contribution is 6.46. The maximum atomic E-state index is 5.31. The molecular weight excluding hydrogens is 155 g/mol. The van der Waals surface area contributed by atoms with Crippen molar-refractivity contribution in [2.24, 2.45) is 0 Å². The Labute approximate surface area is 56.4 Å². The second kappa shape index (κ2) is 2.37. The monoisotopic (exact) mass is 158 g/mol. The first-order valence-electron chi connectivity index (χ1n) is 1.94. The van der Waals surface area contributed by atoms with Crippen molar-refractivity contribution in [3.8, 4) is 0 Å². The SMILES string of the molecule is ClC1(Cl)OCOCO1. The standard InChI is InChI=1S/C3H4Cl2O3/c4-3(5)7-1-6-2-8-3/h1-2H2. The van der Waals surface area contributed by atoms with Crippen molar-refractivity contribution in [2.45, 2.75) is 4.71 Å². The van der Waals surface area contributed by atoms with Gasteiger partial charge in [-0.3, -0.25) is 9.47 Å². The summed E-state index contributed by atoms with van der Waals surface area (Å²) in [6.45, 7) is 0.153. The highest BCUT2D eigenvalue weighted by atomic mass is 35.5. The Hall–Kier alpha value is 0.460. The van der Waals surface area contributed by atoms with Crippen LogP contribution in [-0.4, -0.2) is 18.3 Å². The first-order chi connectivity index (χ1) is 3.71. The molecule has 0 aliphatic carbocycles. The molecule has 0 saturated carbocycles. The molecule has 0 aromatic heterocycles. The van der Waals surface area contributed by atoms with Crippen LogP contribution in [0, 0.1) is 0 Å². The van der Waals surface area contributed by atoms with E-state index in [1.165, 1.54) is 0 Å². The van der Waals surface area contributed by atoms with E-state index >= 15 is 0 Å². The lowest BCUT2D eigenvalue weighted by Crippen LogP contribution is -2.30. The van der Waals surface area contributed by atoms with E-state index in [1.807, 2.05) is 0 Å². The van der Waals surface area contributed by atoms with Gasteiger partial charge in [0.25, 0.3) is 0 Å². The van der Waals surface area contributed by atoms with E-state index in [0.29, 0.717) is 0 Å². The summed E-state index contributed by atoms with van der Waals surface area (Å²) in [5, 5.41) is 0. The van der Waals surface area contributed by atoms with Gasteiger partial charge in [0.1, 0.15) is 0 Å². The molecule has 0 bridgehead atoms. The quantitative estimate of drug-likeness (QED) is 0.494. The van der Waals surface area contributed by atoms with Crippen LogP contribution < -0.4 is 0 Å². The Morgan fingerprint density at radius 3 is 1.88 bits per heavy atom. The van der Waals surface area contributed by atoms with E-state index in [1.54, 1.807) is 0 Å². The van der Waals surface area contributed by atoms with Gasteiger partial charge < -0.3 is 4.74 Å². The molecule has 1 heterocycles. The van der Waals surface area contributed by atoms with Crippen molar-refractivity contribution in [2.75, 3.05) is 13.6 Å². The zero-order valence-corrected chi connectivity index (χ0v) is 5.41. The third-order valence-electron chi connectivity index (χ3n) is 0.621. The van der Waals surface area contributed by atoms with Crippen LogP contribution in [0.3, 0.4) is 0 Å². The topological polar surface area (TPSA) is 27.7 Å². The molecule has 0 N–H and O–H groups in total. The highest BCUT2D eigenvalue weighted by Gasteiger charge is 2.29. The zero-order valence-electron chi connectivity index (χ0n) is 3.89. The number of hydrogen-bond acceptors (Lipinski definition) is 3. The minimum Gasteiger partial charge on any atom is -0.329 e. The minimum atomic E-state index is -1.50. The summed E-state index contributed by atoms with van der Waals surface area (Å²) in [6.07, 6.45) is 0. The van der Waals surface area contributed by atoms with E-state index in [4.69, 9.17) is 23.2 Å². The van der Waals surface area contributed by atoms with Crippen LogP contribution in [0.1, 0.15) is 0 Å². The Bertz CT molecular complexity index is 76.6. The Balaban J connectivity index is 2.33. The Morgan fingerprint density at radius 2 is 1.62 bits per heavy atom. The molecule has 1 aliphatic rings. The molecule has 0 radical (unpaired) electrons. The van der Waals surface area contributed by atoms with Crippen LogP contribution in [-0.2, 0) is 14.2 Å².